The van der Waals surface area contributed by atoms with Crippen molar-refractivity contribution in [1.29, 1.82) is 0 Å². The SMILES string of the molecule is CCS(=O)(=O)CC(=NO)c1cccc([N+](=O)[O-])c1. The molecule has 1 N–H and O–H groups in total. The first-order valence-corrected chi connectivity index (χ1v) is 6.88. The maximum Gasteiger partial charge on any atom is 0.270 e. The van der Waals surface area contributed by atoms with Crippen LogP contribution >= 0.6 is 0 Å². The van der Waals surface area contributed by atoms with Gasteiger partial charge in [-0.3, -0.25) is 10.1 Å². The number of sulfone groups is 1. The fraction of sp³-hybridized carbons (Fsp3) is 0.300. The lowest BCUT2D eigenvalue weighted by atomic mass is 10.1. The first-order chi connectivity index (χ1) is 8.39. The number of nitro groups is 1. The molecule has 7 nitrogen and oxygen atoms in total. The van der Waals surface area contributed by atoms with Gasteiger partial charge in [-0.05, 0) is 0 Å². The fourth-order valence-corrected chi connectivity index (χ4v) is 2.12. The van der Waals surface area contributed by atoms with Crippen LogP contribution < -0.4 is 0 Å². The fourth-order valence-electron chi connectivity index (χ4n) is 1.28. The Labute approximate surface area is 104 Å². The van der Waals surface area contributed by atoms with E-state index < -0.39 is 20.5 Å². The number of nitro benzene ring substituents is 1. The molecule has 0 atom stereocenters. The first kappa shape index (κ1) is 14.1. The second-order valence-electron chi connectivity index (χ2n) is 3.53. The lowest BCUT2D eigenvalue weighted by molar-refractivity contribution is -0.384. The van der Waals surface area contributed by atoms with Crippen molar-refractivity contribution in [2.75, 3.05) is 11.5 Å². The highest BCUT2D eigenvalue weighted by Crippen LogP contribution is 2.14. The average molecular weight is 272 g/mol. The van der Waals surface area contributed by atoms with Crippen molar-refractivity contribution < 1.29 is 18.5 Å². The Morgan fingerprint density at radius 1 is 1.50 bits per heavy atom. The molecule has 1 aromatic rings. The van der Waals surface area contributed by atoms with Gasteiger partial charge in [-0.15, -0.1) is 0 Å². The van der Waals surface area contributed by atoms with Gasteiger partial charge in [-0.2, -0.15) is 0 Å². The van der Waals surface area contributed by atoms with Crippen LogP contribution in [0.1, 0.15) is 12.5 Å². The molecule has 0 bridgehead atoms. The van der Waals surface area contributed by atoms with Gasteiger partial charge >= 0.3 is 0 Å². The molecule has 0 aromatic heterocycles. The summed E-state index contributed by atoms with van der Waals surface area (Å²) in [6.45, 7) is 1.47. The molecule has 0 saturated carbocycles. The highest BCUT2D eigenvalue weighted by molar-refractivity contribution is 7.92. The summed E-state index contributed by atoms with van der Waals surface area (Å²) in [5.74, 6) is -0.553. The van der Waals surface area contributed by atoms with E-state index in [2.05, 4.69) is 5.16 Å². The maximum absolute atomic E-state index is 11.4. The zero-order chi connectivity index (χ0) is 13.8. The van der Waals surface area contributed by atoms with E-state index in [4.69, 9.17) is 5.21 Å². The molecule has 98 valence electrons. The quantitative estimate of drug-likeness (QED) is 0.375. The molecular weight excluding hydrogens is 260 g/mol. The minimum Gasteiger partial charge on any atom is -0.411 e. The van der Waals surface area contributed by atoms with Crippen molar-refractivity contribution in [2.45, 2.75) is 6.92 Å². The molecule has 0 unspecified atom stereocenters. The topological polar surface area (TPSA) is 110 Å². The van der Waals surface area contributed by atoms with Crippen LogP contribution in [0.5, 0.6) is 0 Å². The number of nitrogens with zero attached hydrogens (tertiary/aromatic N) is 2. The van der Waals surface area contributed by atoms with Gasteiger partial charge < -0.3 is 5.21 Å². The average Bonchev–Trinajstić information content (AvgIpc) is 2.36. The Bertz CT molecular complexity index is 580. The molecule has 1 rings (SSSR count). The molecule has 0 aliphatic rings. The number of hydrogen-bond acceptors (Lipinski definition) is 6. The molecule has 8 heteroatoms. The maximum atomic E-state index is 11.4. The highest BCUT2D eigenvalue weighted by Gasteiger charge is 2.17. The van der Waals surface area contributed by atoms with E-state index in [1.165, 1.54) is 31.2 Å². The van der Waals surface area contributed by atoms with Gasteiger partial charge in [0.2, 0.25) is 0 Å². The lowest BCUT2D eigenvalue weighted by Gasteiger charge is -2.04. The summed E-state index contributed by atoms with van der Waals surface area (Å²) in [4.78, 5) is 9.99. The molecule has 0 radical (unpaired) electrons. The lowest BCUT2D eigenvalue weighted by Crippen LogP contribution is -2.18. The van der Waals surface area contributed by atoms with Crippen LogP contribution in [0.2, 0.25) is 0 Å². The largest absolute Gasteiger partial charge is 0.411 e. The molecule has 18 heavy (non-hydrogen) atoms. The summed E-state index contributed by atoms with van der Waals surface area (Å²) in [6, 6.07) is 5.29. The van der Waals surface area contributed by atoms with E-state index in [9.17, 15) is 18.5 Å². The Morgan fingerprint density at radius 2 is 2.17 bits per heavy atom. The van der Waals surface area contributed by atoms with Gasteiger partial charge in [0.15, 0.2) is 9.84 Å². The highest BCUT2D eigenvalue weighted by atomic mass is 32.2. The summed E-state index contributed by atoms with van der Waals surface area (Å²) >= 11 is 0. The van der Waals surface area contributed by atoms with Crippen molar-refractivity contribution in [3.8, 4) is 0 Å². The normalized spacial score (nSPS) is 12.4. The van der Waals surface area contributed by atoms with E-state index in [0.29, 0.717) is 0 Å². The zero-order valence-corrected chi connectivity index (χ0v) is 10.4. The number of benzene rings is 1. The van der Waals surface area contributed by atoms with Crippen LogP contribution in [0.15, 0.2) is 29.4 Å². The van der Waals surface area contributed by atoms with Crippen LogP contribution in [-0.4, -0.2) is 35.8 Å². The van der Waals surface area contributed by atoms with Gasteiger partial charge in [0.05, 0.1) is 10.7 Å². The molecule has 0 aliphatic carbocycles. The minimum absolute atomic E-state index is 0.0963. The summed E-state index contributed by atoms with van der Waals surface area (Å²) in [6.07, 6.45) is 0. The molecule has 0 fully saturated rings. The van der Waals surface area contributed by atoms with Crippen LogP contribution in [-0.2, 0) is 9.84 Å². The Balaban J connectivity index is 3.11. The van der Waals surface area contributed by atoms with Gasteiger partial charge in [0.1, 0.15) is 5.71 Å². The van der Waals surface area contributed by atoms with Crippen molar-refractivity contribution in [3.63, 3.8) is 0 Å². The van der Waals surface area contributed by atoms with E-state index >= 15 is 0 Å². The minimum atomic E-state index is -3.37. The van der Waals surface area contributed by atoms with Crippen molar-refractivity contribution >= 4 is 21.2 Å². The molecule has 0 saturated heterocycles. The molecule has 0 aliphatic heterocycles. The van der Waals surface area contributed by atoms with Crippen LogP contribution in [0.25, 0.3) is 0 Å². The summed E-state index contributed by atoms with van der Waals surface area (Å²) in [5, 5.41) is 22.3. The predicted molar refractivity (Wildman–Crippen MR) is 65.7 cm³/mol. The number of rotatable bonds is 5. The molecule has 0 heterocycles. The summed E-state index contributed by atoms with van der Waals surface area (Å²) in [7, 11) is -3.37. The van der Waals surface area contributed by atoms with E-state index in [1.54, 1.807) is 0 Å². The van der Waals surface area contributed by atoms with E-state index in [0.717, 1.165) is 0 Å². The number of oxime groups is 1. The third kappa shape index (κ3) is 3.52. The third-order valence-corrected chi connectivity index (χ3v) is 3.90. The smallest absolute Gasteiger partial charge is 0.270 e. The molecule has 0 spiro atoms. The monoisotopic (exact) mass is 272 g/mol. The molecule has 0 amide bonds. The summed E-state index contributed by atoms with van der Waals surface area (Å²) < 4.78 is 22.9. The standard InChI is InChI=1S/C10H12N2O5S/c1-2-18(16,17)7-10(11-13)8-4-3-5-9(6-8)12(14)15/h3-6,13H,2,7H2,1H3. The van der Waals surface area contributed by atoms with Crippen molar-refractivity contribution in [3.05, 3.63) is 39.9 Å². The van der Waals surface area contributed by atoms with Crippen molar-refractivity contribution in [2.24, 2.45) is 5.16 Å². The van der Waals surface area contributed by atoms with Crippen LogP contribution in [0.3, 0.4) is 0 Å². The van der Waals surface area contributed by atoms with Crippen LogP contribution in [0.4, 0.5) is 5.69 Å². The number of hydrogen-bond donors (Lipinski definition) is 1. The Hall–Kier alpha value is -1.96. The van der Waals surface area contributed by atoms with E-state index in [1.807, 2.05) is 0 Å². The van der Waals surface area contributed by atoms with Gasteiger partial charge in [-0.25, -0.2) is 8.42 Å². The van der Waals surface area contributed by atoms with Gasteiger partial charge in [0, 0.05) is 23.4 Å². The first-order valence-electron chi connectivity index (χ1n) is 5.06. The molecular formula is C10H12N2O5S. The zero-order valence-electron chi connectivity index (χ0n) is 9.61. The third-order valence-electron chi connectivity index (χ3n) is 2.31. The second-order valence-corrected chi connectivity index (χ2v) is 5.88. The van der Waals surface area contributed by atoms with Gasteiger partial charge in [-0.1, -0.05) is 24.2 Å². The van der Waals surface area contributed by atoms with Crippen molar-refractivity contribution in [1.82, 2.24) is 0 Å². The van der Waals surface area contributed by atoms with Gasteiger partial charge in [0.25, 0.3) is 5.69 Å². The van der Waals surface area contributed by atoms with E-state index in [-0.39, 0.29) is 22.7 Å². The summed E-state index contributed by atoms with van der Waals surface area (Å²) in [5.41, 5.74) is -0.0909. The second kappa shape index (κ2) is 5.58. The van der Waals surface area contributed by atoms with Crippen LogP contribution in [0, 0.1) is 10.1 Å². The Kier molecular flexibility index (Phi) is 4.38. The predicted octanol–water partition coefficient (Wildman–Crippen LogP) is 1.21. The Morgan fingerprint density at radius 3 is 2.67 bits per heavy atom. The number of non-ortho nitro benzene ring substituents is 1. The molecule has 1 aromatic carbocycles.